The fraction of sp³-hybridized carbons (Fsp3) is 0.109. The molecule has 0 unspecified atom stereocenters. The molecule has 0 nitrogen and oxygen atoms in total. The van der Waals surface area contributed by atoms with Gasteiger partial charge in [-0.3, -0.25) is 0 Å². The van der Waals surface area contributed by atoms with Crippen molar-refractivity contribution in [2.75, 3.05) is 0 Å². The molecule has 19 rings (SSSR count). The molecule has 0 aliphatic heterocycles. The molecule has 119 heavy (non-hydrogen) atoms. The second-order valence-corrected chi connectivity index (χ2v) is 30.3. The Labute approximate surface area is 711 Å². The maximum absolute atomic E-state index is 2.25. The van der Waals surface area contributed by atoms with Crippen molar-refractivity contribution in [2.45, 2.75) is 89.5 Å². The van der Waals surface area contributed by atoms with E-state index in [4.69, 9.17) is 0 Å². The molecule has 19 aromatic carbocycles. The Bertz CT molecular complexity index is 6080. The standard InChI is InChI=1S/2C17H14.3C13H12.2C11H10.C9H12.C8H10.C7H8/c1-13-9-11-15(12-10-13)17-8-4-6-14-5-2-3-7-16(14)17;1-13-6-8-15(9-7-13)17-11-10-14-4-2-3-5-16(14)12-17;1-11-7-5-6-10-13(11)12-8-3-2-4-9-12;1-11-6-5-9-13(10-11)12-7-3-2-4-8-12;1-11-7-9-13(10-8-11)12-5-3-2-4-6-12;1-9-5-4-7-10-6-2-3-8-11(9)10;1-9-6-7-10-4-2-3-5-11(10)8-9;1-3-9-6-4-8(2)5-7-9;1-7-3-5-8(2)6-4-7;1-7-5-3-2-4-6-7/h2*2-12H,1H3;3*2-10H,1H3;2*2-8H,1H3;4-7H,3H2,1-2H3;3-6H,1-2H3;2-6H,1H3. The molecular weight excluding hydrogens is 1430 g/mol. The van der Waals surface area contributed by atoms with Crippen LogP contribution in [0.3, 0.4) is 0 Å². The zero-order chi connectivity index (χ0) is 83.8. The van der Waals surface area contributed by atoms with Crippen molar-refractivity contribution < 1.29 is 0 Å². The molecule has 0 saturated heterocycles. The van der Waals surface area contributed by atoms with Crippen molar-refractivity contribution in [3.05, 3.63) is 528 Å². The van der Waals surface area contributed by atoms with Crippen LogP contribution in [0.2, 0.25) is 0 Å². The Morgan fingerprint density at radius 1 is 0.143 bits per heavy atom. The van der Waals surface area contributed by atoms with Gasteiger partial charge in [0.1, 0.15) is 0 Å². The summed E-state index contributed by atoms with van der Waals surface area (Å²) in [5, 5.41) is 10.5. The molecule has 0 radical (unpaired) electrons. The fourth-order valence-electron chi connectivity index (χ4n) is 13.4. The maximum Gasteiger partial charge on any atom is -0.0105 e. The Balaban J connectivity index is 0.000000140. The third-order valence-electron chi connectivity index (χ3n) is 20.4. The summed E-state index contributed by atoms with van der Waals surface area (Å²) in [7, 11) is 0. The van der Waals surface area contributed by atoms with Gasteiger partial charge in [-0.2, -0.15) is 0 Å². The van der Waals surface area contributed by atoms with E-state index < -0.39 is 0 Å². The average molecular weight is 1540 g/mol. The SMILES string of the molecule is CCc1ccc(C)cc1.Cc1ccc(-c2ccc3ccccc3c2)cc1.Cc1ccc(-c2cccc3ccccc23)cc1.Cc1ccc(-c2ccccc2)cc1.Cc1ccc(C)cc1.Cc1ccc2ccccc2c1.Cc1cccc(-c2ccccc2)c1.Cc1cccc2ccccc12.Cc1ccccc1.Cc1ccccc1-c1ccccc1. The highest BCUT2D eigenvalue weighted by atomic mass is 14.1. The van der Waals surface area contributed by atoms with Crippen molar-refractivity contribution in [3.63, 3.8) is 0 Å². The second kappa shape index (κ2) is 47.3. The van der Waals surface area contributed by atoms with Crippen LogP contribution in [0.4, 0.5) is 0 Å². The van der Waals surface area contributed by atoms with Crippen LogP contribution in [-0.2, 0) is 6.42 Å². The van der Waals surface area contributed by atoms with Gasteiger partial charge in [0.15, 0.2) is 0 Å². The highest BCUT2D eigenvalue weighted by molar-refractivity contribution is 5.97. The van der Waals surface area contributed by atoms with Crippen molar-refractivity contribution in [3.8, 4) is 55.6 Å². The summed E-state index contributed by atoms with van der Waals surface area (Å²) < 4.78 is 0. The van der Waals surface area contributed by atoms with Crippen molar-refractivity contribution >= 4 is 43.1 Å². The molecule has 0 aliphatic carbocycles. The lowest BCUT2D eigenvalue weighted by Crippen LogP contribution is -1.81. The first kappa shape index (κ1) is 87.6. The van der Waals surface area contributed by atoms with E-state index in [1.165, 1.54) is 165 Å². The van der Waals surface area contributed by atoms with Crippen LogP contribution in [0, 0.1) is 76.2 Å². The summed E-state index contributed by atoms with van der Waals surface area (Å²) in [5.41, 5.74) is 28.9. The Kier molecular flexibility index (Phi) is 34.8. The molecule has 0 N–H and O–H groups in total. The van der Waals surface area contributed by atoms with Gasteiger partial charge < -0.3 is 0 Å². The Morgan fingerprint density at radius 3 is 0.891 bits per heavy atom. The second-order valence-electron chi connectivity index (χ2n) is 30.3. The molecule has 0 saturated carbocycles. The summed E-state index contributed by atoms with van der Waals surface area (Å²) >= 11 is 0. The first-order valence-electron chi connectivity index (χ1n) is 41.5. The van der Waals surface area contributed by atoms with E-state index in [-0.39, 0.29) is 0 Å². The maximum atomic E-state index is 2.25. The molecule has 0 aliphatic rings. The molecule has 0 heterocycles. The third-order valence-corrected chi connectivity index (χ3v) is 20.4. The molecule has 19 aromatic rings. The van der Waals surface area contributed by atoms with E-state index in [0.717, 1.165) is 6.42 Å². The van der Waals surface area contributed by atoms with Crippen LogP contribution >= 0.6 is 0 Å². The predicted molar refractivity (Wildman–Crippen MR) is 523 cm³/mol. The predicted octanol–water partition coefficient (Wildman–Crippen LogP) is 33.8. The van der Waals surface area contributed by atoms with Gasteiger partial charge in [-0.15, -0.1) is 0 Å². The van der Waals surface area contributed by atoms with E-state index in [1.807, 2.05) is 36.4 Å². The van der Waals surface area contributed by atoms with E-state index in [1.54, 1.807) is 0 Å². The topological polar surface area (TPSA) is 0 Å². The van der Waals surface area contributed by atoms with Crippen LogP contribution in [0.5, 0.6) is 0 Å². The Hall–Kier alpha value is -13.8. The van der Waals surface area contributed by atoms with Gasteiger partial charge in [-0.1, -0.05) is 512 Å². The molecule has 0 atom stereocenters. The van der Waals surface area contributed by atoms with Gasteiger partial charge in [-0.05, 0) is 204 Å². The molecule has 0 heteroatoms. The van der Waals surface area contributed by atoms with E-state index >= 15 is 0 Å². The molecule has 0 aromatic heterocycles. The molecule has 590 valence electrons. The lowest BCUT2D eigenvalue weighted by atomic mass is 9.98. The minimum Gasteiger partial charge on any atom is -0.0622 e. The fourth-order valence-corrected chi connectivity index (χ4v) is 13.4. The number of rotatable bonds is 6. The number of hydrogen-bond acceptors (Lipinski definition) is 0. The van der Waals surface area contributed by atoms with Gasteiger partial charge in [0.2, 0.25) is 0 Å². The van der Waals surface area contributed by atoms with Gasteiger partial charge in [0.05, 0.1) is 0 Å². The summed E-state index contributed by atoms with van der Waals surface area (Å²) in [6.07, 6.45) is 1.14. The van der Waals surface area contributed by atoms with Crippen molar-refractivity contribution in [1.29, 1.82) is 0 Å². The molecular formula is C119H114. The monoisotopic (exact) mass is 1540 g/mol. The quantitative estimate of drug-likeness (QED) is 0.156. The Morgan fingerprint density at radius 2 is 0.412 bits per heavy atom. The van der Waals surface area contributed by atoms with Crippen molar-refractivity contribution in [2.24, 2.45) is 0 Å². The smallest absolute Gasteiger partial charge is 0.0105 e. The summed E-state index contributed by atoms with van der Waals surface area (Å²) in [4.78, 5) is 0. The van der Waals surface area contributed by atoms with E-state index in [0.29, 0.717) is 0 Å². The van der Waals surface area contributed by atoms with Gasteiger partial charge in [0.25, 0.3) is 0 Å². The number of hydrogen-bond donors (Lipinski definition) is 0. The minimum absolute atomic E-state index is 1.14. The van der Waals surface area contributed by atoms with Crippen LogP contribution < -0.4 is 0 Å². The first-order valence-corrected chi connectivity index (χ1v) is 41.5. The first-order chi connectivity index (χ1) is 58.0. The zero-order valence-electron chi connectivity index (χ0n) is 71.6. The highest BCUT2D eigenvalue weighted by Gasteiger charge is 2.05. The summed E-state index contributed by atoms with van der Waals surface area (Å²) in [5.74, 6) is 0. The number of aryl methyl sites for hydroxylation is 12. The lowest BCUT2D eigenvalue weighted by molar-refractivity contribution is 1.14. The van der Waals surface area contributed by atoms with Gasteiger partial charge in [0, 0.05) is 0 Å². The highest BCUT2D eigenvalue weighted by Crippen LogP contribution is 2.30. The summed E-state index contributed by atoms with van der Waals surface area (Å²) in [6.45, 7) is 25.4. The van der Waals surface area contributed by atoms with Crippen LogP contribution in [0.1, 0.15) is 73.7 Å². The van der Waals surface area contributed by atoms with E-state index in [9.17, 15) is 0 Å². The van der Waals surface area contributed by atoms with Crippen LogP contribution in [0.25, 0.3) is 98.7 Å². The van der Waals surface area contributed by atoms with Crippen LogP contribution in [-0.4, -0.2) is 0 Å². The van der Waals surface area contributed by atoms with Crippen LogP contribution in [0.15, 0.2) is 461 Å². The molecule has 0 fully saturated rings. The largest absolute Gasteiger partial charge is 0.0622 e. The molecule has 0 bridgehead atoms. The minimum atomic E-state index is 1.14. The van der Waals surface area contributed by atoms with E-state index in [2.05, 4.69) is 508 Å². The normalized spacial score (nSPS) is 10.1. The number of benzene rings is 19. The third kappa shape index (κ3) is 29.2. The lowest BCUT2D eigenvalue weighted by Gasteiger charge is -2.07. The average Bonchev–Trinajstić information content (AvgIpc) is 0.810. The number of fused-ring (bicyclic) bond motifs is 4. The zero-order valence-corrected chi connectivity index (χ0v) is 71.6. The van der Waals surface area contributed by atoms with Gasteiger partial charge in [-0.25, -0.2) is 0 Å². The summed E-state index contributed by atoms with van der Waals surface area (Å²) in [6, 6.07) is 162. The van der Waals surface area contributed by atoms with Crippen molar-refractivity contribution in [1.82, 2.24) is 0 Å². The molecule has 0 amide bonds. The van der Waals surface area contributed by atoms with Gasteiger partial charge >= 0.3 is 0 Å². The molecule has 0 spiro atoms.